The monoisotopic (exact) mass is 229 g/mol. The van der Waals surface area contributed by atoms with Gasteiger partial charge in [-0.05, 0) is 27.2 Å². The molecule has 1 saturated heterocycles. The Hall–Kier alpha value is -1.10. The van der Waals surface area contributed by atoms with E-state index in [4.69, 9.17) is 9.84 Å². The highest BCUT2D eigenvalue weighted by atomic mass is 16.5. The summed E-state index contributed by atoms with van der Waals surface area (Å²) < 4.78 is 5.21. The molecule has 92 valence electrons. The molecular formula is C11H19NO4. The molecule has 0 aliphatic carbocycles. The molecule has 1 aliphatic heterocycles. The van der Waals surface area contributed by atoms with E-state index in [1.165, 1.54) is 0 Å². The third kappa shape index (κ3) is 2.95. The molecule has 0 aromatic rings. The van der Waals surface area contributed by atoms with Crippen LogP contribution in [-0.2, 0) is 14.3 Å². The number of nitrogens with zero attached hydrogens (tertiary/aromatic N) is 1. The average Bonchev–Trinajstić information content (AvgIpc) is 2.59. The normalized spacial score (nSPS) is 25.1. The van der Waals surface area contributed by atoms with Gasteiger partial charge in [-0.2, -0.15) is 0 Å². The first kappa shape index (κ1) is 13.0. The molecule has 1 heterocycles. The highest BCUT2D eigenvalue weighted by Crippen LogP contribution is 2.29. The number of hydrogen-bond donors (Lipinski definition) is 1. The molecule has 0 aromatic heterocycles. The van der Waals surface area contributed by atoms with Gasteiger partial charge >= 0.3 is 5.97 Å². The molecule has 1 rings (SSSR count). The summed E-state index contributed by atoms with van der Waals surface area (Å²) in [6.45, 7) is 6.21. The van der Waals surface area contributed by atoms with Gasteiger partial charge in [0.1, 0.15) is 6.61 Å². The summed E-state index contributed by atoms with van der Waals surface area (Å²) in [5, 5.41) is 9.02. The Bertz CT molecular complexity index is 290. The van der Waals surface area contributed by atoms with Gasteiger partial charge in [-0.15, -0.1) is 0 Å². The number of rotatable bonds is 4. The van der Waals surface area contributed by atoms with Crippen molar-refractivity contribution in [1.29, 1.82) is 0 Å². The maximum absolute atomic E-state index is 11.7. The fourth-order valence-corrected chi connectivity index (χ4v) is 1.68. The van der Waals surface area contributed by atoms with Crippen molar-refractivity contribution in [3.05, 3.63) is 0 Å². The van der Waals surface area contributed by atoms with Crippen LogP contribution in [0.25, 0.3) is 0 Å². The first-order valence-corrected chi connectivity index (χ1v) is 5.48. The van der Waals surface area contributed by atoms with Crippen molar-refractivity contribution in [2.75, 3.05) is 19.7 Å². The van der Waals surface area contributed by atoms with Gasteiger partial charge in [0.15, 0.2) is 0 Å². The molecule has 1 N–H and O–H groups in total. The van der Waals surface area contributed by atoms with Crippen LogP contribution in [0.1, 0.15) is 27.2 Å². The van der Waals surface area contributed by atoms with Crippen molar-refractivity contribution in [1.82, 2.24) is 4.90 Å². The standard InChI is InChI=1S/C11H19NO4/c1-8(2)16-6-9(13)12-5-4-11(3,7-12)10(14)15/h8H,4-7H2,1-3H3,(H,14,15). The van der Waals surface area contributed by atoms with Crippen LogP contribution in [0.3, 0.4) is 0 Å². The molecule has 5 nitrogen and oxygen atoms in total. The molecule has 0 spiro atoms. The first-order valence-electron chi connectivity index (χ1n) is 5.48. The third-order valence-corrected chi connectivity index (χ3v) is 2.88. The Morgan fingerprint density at radius 1 is 1.50 bits per heavy atom. The highest BCUT2D eigenvalue weighted by Gasteiger charge is 2.41. The second-order valence-corrected chi connectivity index (χ2v) is 4.79. The van der Waals surface area contributed by atoms with Crippen molar-refractivity contribution < 1.29 is 19.4 Å². The van der Waals surface area contributed by atoms with Gasteiger partial charge in [0.05, 0.1) is 11.5 Å². The first-order chi connectivity index (χ1) is 7.35. The molecule has 1 aliphatic rings. The zero-order valence-corrected chi connectivity index (χ0v) is 10.0. The number of aliphatic carboxylic acids is 1. The minimum Gasteiger partial charge on any atom is -0.481 e. The molecule has 1 atom stereocenters. The third-order valence-electron chi connectivity index (χ3n) is 2.88. The summed E-state index contributed by atoms with van der Waals surface area (Å²) >= 11 is 0. The summed E-state index contributed by atoms with van der Waals surface area (Å²) in [7, 11) is 0. The number of carboxylic acid groups (broad SMARTS) is 1. The van der Waals surface area contributed by atoms with Crippen LogP contribution in [0.5, 0.6) is 0 Å². The number of likely N-dealkylation sites (tertiary alicyclic amines) is 1. The number of carbonyl (C=O) groups is 2. The second-order valence-electron chi connectivity index (χ2n) is 4.79. The van der Waals surface area contributed by atoms with E-state index in [0.29, 0.717) is 13.0 Å². The van der Waals surface area contributed by atoms with Crippen LogP contribution < -0.4 is 0 Å². The van der Waals surface area contributed by atoms with Gasteiger partial charge in [-0.1, -0.05) is 0 Å². The number of carbonyl (C=O) groups excluding carboxylic acids is 1. The molecule has 0 bridgehead atoms. The van der Waals surface area contributed by atoms with E-state index in [2.05, 4.69) is 0 Å². The smallest absolute Gasteiger partial charge is 0.311 e. The van der Waals surface area contributed by atoms with E-state index in [1.54, 1.807) is 11.8 Å². The number of hydrogen-bond acceptors (Lipinski definition) is 3. The Morgan fingerprint density at radius 3 is 2.56 bits per heavy atom. The second kappa shape index (κ2) is 4.82. The molecule has 0 radical (unpaired) electrons. The number of ether oxygens (including phenoxy) is 1. The molecule has 1 fully saturated rings. The van der Waals surface area contributed by atoms with Crippen molar-refractivity contribution in [3.8, 4) is 0 Å². The molecule has 5 heteroatoms. The molecule has 1 amide bonds. The topological polar surface area (TPSA) is 66.8 Å². The van der Waals surface area contributed by atoms with Crippen LogP contribution >= 0.6 is 0 Å². The summed E-state index contributed by atoms with van der Waals surface area (Å²) in [6.07, 6.45) is 0.521. The fraction of sp³-hybridized carbons (Fsp3) is 0.818. The fourth-order valence-electron chi connectivity index (χ4n) is 1.68. The van der Waals surface area contributed by atoms with Crippen LogP contribution in [0.2, 0.25) is 0 Å². The van der Waals surface area contributed by atoms with E-state index >= 15 is 0 Å². The largest absolute Gasteiger partial charge is 0.481 e. The van der Waals surface area contributed by atoms with E-state index < -0.39 is 11.4 Å². The summed E-state index contributed by atoms with van der Waals surface area (Å²) in [5.74, 6) is -0.966. The number of amides is 1. The average molecular weight is 229 g/mol. The van der Waals surface area contributed by atoms with Crippen LogP contribution in [0, 0.1) is 5.41 Å². The SMILES string of the molecule is CC(C)OCC(=O)N1CCC(C)(C(=O)O)C1. The van der Waals surface area contributed by atoms with Crippen molar-refractivity contribution in [2.45, 2.75) is 33.3 Å². The van der Waals surface area contributed by atoms with Crippen molar-refractivity contribution in [2.24, 2.45) is 5.41 Å². The maximum Gasteiger partial charge on any atom is 0.311 e. The Kier molecular flexibility index (Phi) is 3.91. The van der Waals surface area contributed by atoms with E-state index in [-0.39, 0.29) is 25.2 Å². The van der Waals surface area contributed by atoms with Crippen molar-refractivity contribution >= 4 is 11.9 Å². The predicted octanol–water partition coefficient (Wildman–Crippen LogP) is 0.735. The van der Waals surface area contributed by atoms with Crippen molar-refractivity contribution in [3.63, 3.8) is 0 Å². The van der Waals surface area contributed by atoms with E-state index in [1.807, 2.05) is 13.8 Å². The van der Waals surface area contributed by atoms with Gasteiger partial charge in [-0.3, -0.25) is 9.59 Å². The minimum absolute atomic E-state index is 0.0115. The lowest BCUT2D eigenvalue weighted by molar-refractivity contribution is -0.147. The highest BCUT2D eigenvalue weighted by molar-refractivity contribution is 5.81. The zero-order valence-electron chi connectivity index (χ0n) is 10.0. The van der Waals surface area contributed by atoms with Gasteiger partial charge in [-0.25, -0.2) is 0 Å². The Balaban J connectivity index is 2.47. The van der Waals surface area contributed by atoms with Crippen LogP contribution in [-0.4, -0.2) is 47.7 Å². The quantitative estimate of drug-likeness (QED) is 0.772. The van der Waals surface area contributed by atoms with E-state index in [0.717, 1.165) is 0 Å². The Labute approximate surface area is 95.4 Å². The predicted molar refractivity (Wildman–Crippen MR) is 58.0 cm³/mol. The lowest BCUT2D eigenvalue weighted by Crippen LogP contribution is -2.37. The summed E-state index contributed by atoms with van der Waals surface area (Å²) in [5.41, 5.74) is -0.798. The van der Waals surface area contributed by atoms with Gasteiger partial charge in [0.25, 0.3) is 0 Å². The maximum atomic E-state index is 11.7. The van der Waals surface area contributed by atoms with Gasteiger partial charge in [0.2, 0.25) is 5.91 Å². The van der Waals surface area contributed by atoms with E-state index in [9.17, 15) is 9.59 Å². The Morgan fingerprint density at radius 2 is 2.12 bits per heavy atom. The summed E-state index contributed by atoms with van der Waals surface area (Å²) in [6, 6.07) is 0. The molecule has 0 saturated carbocycles. The zero-order chi connectivity index (χ0) is 12.3. The lowest BCUT2D eigenvalue weighted by atomic mass is 9.90. The summed E-state index contributed by atoms with van der Waals surface area (Å²) in [4.78, 5) is 24.2. The minimum atomic E-state index is -0.840. The lowest BCUT2D eigenvalue weighted by Gasteiger charge is -2.20. The van der Waals surface area contributed by atoms with Crippen LogP contribution in [0.4, 0.5) is 0 Å². The van der Waals surface area contributed by atoms with Gasteiger partial charge in [0, 0.05) is 13.1 Å². The number of carboxylic acids is 1. The molecule has 1 unspecified atom stereocenters. The molecular weight excluding hydrogens is 210 g/mol. The molecule has 16 heavy (non-hydrogen) atoms. The van der Waals surface area contributed by atoms with Crippen LogP contribution in [0.15, 0.2) is 0 Å². The van der Waals surface area contributed by atoms with Gasteiger partial charge < -0.3 is 14.7 Å². The molecule has 0 aromatic carbocycles.